The van der Waals surface area contributed by atoms with E-state index in [0.29, 0.717) is 6.42 Å². The van der Waals surface area contributed by atoms with Gasteiger partial charge in [0.05, 0.1) is 12.2 Å². The van der Waals surface area contributed by atoms with Gasteiger partial charge >= 0.3 is 0 Å². The Bertz CT molecular complexity index is 444. The van der Waals surface area contributed by atoms with Gasteiger partial charge < -0.3 is 23.7 Å². The van der Waals surface area contributed by atoms with Crippen LogP contribution in [0.3, 0.4) is 0 Å². The third-order valence-corrected chi connectivity index (χ3v) is 6.44. The molecule has 1 N–H and O–H groups in total. The Morgan fingerprint density at radius 2 is 1.68 bits per heavy atom. The molecule has 2 saturated heterocycles. The van der Waals surface area contributed by atoms with Crippen molar-refractivity contribution in [2.24, 2.45) is 0 Å². The van der Waals surface area contributed by atoms with Crippen molar-refractivity contribution >= 4 is 8.32 Å². The van der Waals surface area contributed by atoms with Crippen molar-refractivity contribution < 1.29 is 23.7 Å². The minimum Gasteiger partial charge on any atom is -0.407 e. The van der Waals surface area contributed by atoms with E-state index < -0.39 is 26.0 Å². The topological polar surface area (TPSA) is 57.2 Å². The van der Waals surface area contributed by atoms with E-state index in [9.17, 15) is 5.11 Å². The Hall–Kier alpha value is 0.0169. The second kappa shape index (κ2) is 5.01. The molecule has 5 atom stereocenters. The second-order valence-electron chi connectivity index (χ2n) is 8.42. The maximum Gasteiger partial charge on any atom is 0.184 e. The highest BCUT2D eigenvalue weighted by Crippen LogP contribution is 2.52. The molecule has 2 aliphatic carbocycles. The van der Waals surface area contributed by atoms with E-state index in [0.717, 1.165) is 19.3 Å². The van der Waals surface area contributed by atoms with Crippen molar-refractivity contribution in [3.8, 4) is 0 Å². The third kappa shape index (κ3) is 2.48. The summed E-state index contributed by atoms with van der Waals surface area (Å²) in [5.74, 6) is -0.396. The molecule has 4 aliphatic rings. The lowest BCUT2D eigenvalue weighted by atomic mass is 9.82. The maximum absolute atomic E-state index is 10.4. The largest absolute Gasteiger partial charge is 0.407 e. The van der Waals surface area contributed by atoms with E-state index in [1.165, 1.54) is 19.3 Å². The molecule has 6 heteroatoms. The summed E-state index contributed by atoms with van der Waals surface area (Å²) in [5, 5.41) is 10.4. The fourth-order valence-electron chi connectivity index (χ4n) is 4.73. The molecule has 2 saturated carbocycles. The smallest absolute Gasteiger partial charge is 0.184 e. The summed E-state index contributed by atoms with van der Waals surface area (Å²) < 4.78 is 24.9. The molecule has 2 unspecified atom stereocenters. The van der Waals surface area contributed by atoms with Crippen molar-refractivity contribution in [1.29, 1.82) is 0 Å². The van der Waals surface area contributed by atoms with Gasteiger partial charge in [0.2, 0.25) is 0 Å². The van der Waals surface area contributed by atoms with Crippen molar-refractivity contribution in [3.05, 3.63) is 0 Å². The van der Waals surface area contributed by atoms with Crippen LogP contribution in [0.2, 0.25) is 19.6 Å². The molecule has 0 amide bonds. The Balaban J connectivity index is 1.56. The van der Waals surface area contributed by atoms with Crippen LogP contribution in [0.15, 0.2) is 0 Å². The van der Waals surface area contributed by atoms with Crippen molar-refractivity contribution in [2.45, 2.75) is 101 Å². The van der Waals surface area contributed by atoms with Crippen LogP contribution in [0.4, 0.5) is 0 Å². The first-order valence-corrected chi connectivity index (χ1v) is 12.1. The predicted octanol–water partition coefficient (Wildman–Crippen LogP) is 2.53. The molecular weight excluding hydrogens is 300 g/mol. The van der Waals surface area contributed by atoms with Gasteiger partial charge in [0, 0.05) is 25.7 Å². The van der Waals surface area contributed by atoms with Gasteiger partial charge in [-0.25, -0.2) is 0 Å². The SMILES string of the molecule is C[Si](C)(C)O[C@@]12CC(OC1O)[C@@H]1OC3(CCCCC3)O[C@@H]1C2. The van der Waals surface area contributed by atoms with Crippen molar-refractivity contribution in [2.75, 3.05) is 0 Å². The van der Waals surface area contributed by atoms with E-state index in [1.54, 1.807) is 0 Å². The van der Waals surface area contributed by atoms with E-state index in [1.807, 2.05) is 0 Å². The van der Waals surface area contributed by atoms with Gasteiger partial charge in [0.25, 0.3) is 0 Å². The predicted molar refractivity (Wildman–Crippen MR) is 82.8 cm³/mol. The van der Waals surface area contributed by atoms with E-state index >= 15 is 0 Å². The lowest BCUT2D eigenvalue weighted by molar-refractivity contribution is -0.219. The number of aliphatic hydroxyl groups is 1. The molecule has 2 heterocycles. The summed E-state index contributed by atoms with van der Waals surface area (Å²) in [6, 6.07) is 0. The normalized spacial score (nSPS) is 46.9. The molecule has 126 valence electrons. The fourth-order valence-corrected chi connectivity index (χ4v) is 6.22. The zero-order chi connectivity index (χ0) is 15.6. The first kappa shape index (κ1) is 15.5. The van der Waals surface area contributed by atoms with Crippen LogP contribution in [0.25, 0.3) is 0 Å². The standard InChI is InChI=1S/C16H28O5Si/c1-22(2,3)21-15-9-11(18-14(15)17)13-12(10-15)19-16(20-13)7-5-4-6-8-16/h11-14,17H,4-10H2,1-3H3/t11?,12-,13+,14?,15-/m1/s1. The van der Waals surface area contributed by atoms with Crippen LogP contribution in [-0.4, -0.2) is 49.4 Å². The molecule has 0 radical (unpaired) electrons. The summed E-state index contributed by atoms with van der Waals surface area (Å²) >= 11 is 0. The fraction of sp³-hybridized carbons (Fsp3) is 1.00. The van der Waals surface area contributed by atoms with Crippen LogP contribution in [0.5, 0.6) is 0 Å². The highest BCUT2D eigenvalue weighted by atomic mass is 28.4. The Morgan fingerprint density at radius 1 is 1.00 bits per heavy atom. The molecule has 2 bridgehead atoms. The Labute approximate surface area is 133 Å². The summed E-state index contributed by atoms with van der Waals surface area (Å²) in [6.07, 6.45) is 5.96. The Kier molecular flexibility index (Phi) is 3.54. The number of rotatable bonds is 2. The van der Waals surface area contributed by atoms with Crippen LogP contribution in [-0.2, 0) is 18.6 Å². The lowest BCUT2D eigenvalue weighted by Crippen LogP contribution is -2.54. The van der Waals surface area contributed by atoms with E-state index in [2.05, 4.69) is 19.6 Å². The quantitative estimate of drug-likeness (QED) is 0.790. The Morgan fingerprint density at radius 3 is 2.36 bits per heavy atom. The highest BCUT2D eigenvalue weighted by Gasteiger charge is 2.64. The molecule has 0 aromatic rings. The van der Waals surface area contributed by atoms with Gasteiger partial charge in [-0.15, -0.1) is 0 Å². The lowest BCUT2D eigenvalue weighted by Gasteiger charge is -2.41. The summed E-state index contributed by atoms with van der Waals surface area (Å²) in [7, 11) is -1.78. The van der Waals surface area contributed by atoms with Crippen LogP contribution < -0.4 is 0 Å². The van der Waals surface area contributed by atoms with Gasteiger partial charge in [0.1, 0.15) is 11.7 Å². The molecule has 1 spiro atoms. The summed E-state index contributed by atoms with van der Waals surface area (Å²) in [6.45, 7) is 6.47. The van der Waals surface area contributed by atoms with Gasteiger partial charge in [-0.3, -0.25) is 0 Å². The molecular formula is C16H28O5Si. The van der Waals surface area contributed by atoms with E-state index in [-0.39, 0.29) is 18.3 Å². The number of hydrogen-bond donors (Lipinski definition) is 1. The zero-order valence-electron chi connectivity index (χ0n) is 13.8. The molecule has 5 nitrogen and oxygen atoms in total. The minimum atomic E-state index is -1.78. The minimum absolute atomic E-state index is 0.00894. The molecule has 2 aliphatic heterocycles. The average Bonchev–Trinajstić information content (AvgIpc) is 2.87. The van der Waals surface area contributed by atoms with Gasteiger partial charge in [-0.2, -0.15) is 0 Å². The van der Waals surface area contributed by atoms with Crippen molar-refractivity contribution in [3.63, 3.8) is 0 Å². The number of fused-ring (bicyclic) bond motifs is 4. The summed E-state index contributed by atoms with van der Waals surface area (Å²) in [4.78, 5) is 0. The highest BCUT2D eigenvalue weighted by molar-refractivity contribution is 6.69. The van der Waals surface area contributed by atoms with Crippen LogP contribution in [0.1, 0.15) is 44.9 Å². The molecule has 0 aromatic carbocycles. The summed E-state index contributed by atoms with van der Waals surface area (Å²) in [5.41, 5.74) is -0.597. The third-order valence-electron chi connectivity index (χ3n) is 5.42. The number of hydrogen-bond acceptors (Lipinski definition) is 5. The average molecular weight is 328 g/mol. The first-order valence-electron chi connectivity index (χ1n) is 8.70. The van der Waals surface area contributed by atoms with Crippen molar-refractivity contribution in [1.82, 2.24) is 0 Å². The molecule has 4 rings (SSSR count). The monoisotopic (exact) mass is 328 g/mol. The van der Waals surface area contributed by atoms with Gasteiger partial charge in [-0.05, 0) is 32.5 Å². The zero-order valence-corrected chi connectivity index (χ0v) is 14.8. The number of aliphatic hydroxyl groups excluding tert-OH is 1. The van der Waals surface area contributed by atoms with Gasteiger partial charge in [-0.1, -0.05) is 6.42 Å². The molecule has 4 fully saturated rings. The van der Waals surface area contributed by atoms with Crippen LogP contribution >= 0.6 is 0 Å². The van der Waals surface area contributed by atoms with Gasteiger partial charge in [0.15, 0.2) is 20.4 Å². The second-order valence-corrected chi connectivity index (χ2v) is 12.9. The first-order chi connectivity index (χ1) is 10.3. The molecule has 22 heavy (non-hydrogen) atoms. The van der Waals surface area contributed by atoms with Crippen LogP contribution in [0, 0.1) is 0 Å². The number of ether oxygens (including phenoxy) is 3. The van der Waals surface area contributed by atoms with E-state index in [4.69, 9.17) is 18.6 Å². The maximum atomic E-state index is 10.4. The molecule has 0 aromatic heterocycles.